The SMILES string of the molecule is N#Cc1ccccc1NC(=O)C(=O)NCC1(O)Cc2ccccc2C1. The minimum Gasteiger partial charge on any atom is -0.387 e. The van der Waals surface area contributed by atoms with E-state index >= 15 is 0 Å². The summed E-state index contributed by atoms with van der Waals surface area (Å²) in [4.78, 5) is 24.0. The standard InChI is InChI=1S/C19H17N3O3/c20-11-15-7-3-4-8-16(15)22-18(24)17(23)21-12-19(25)9-13-5-1-2-6-14(13)10-19/h1-8,25H,9-10,12H2,(H,21,23)(H,22,24). The summed E-state index contributed by atoms with van der Waals surface area (Å²) in [6.07, 6.45) is 0.866. The van der Waals surface area contributed by atoms with Gasteiger partial charge in [0, 0.05) is 19.4 Å². The van der Waals surface area contributed by atoms with E-state index in [1.807, 2.05) is 30.3 Å². The van der Waals surface area contributed by atoms with Gasteiger partial charge in [0.1, 0.15) is 6.07 Å². The predicted molar refractivity (Wildman–Crippen MR) is 91.6 cm³/mol. The van der Waals surface area contributed by atoms with Crippen molar-refractivity contribution in [3.8, 4) is 6.07 Å². The number of rotatable bonds is 3. The number of fused-ring (bicyclic) bond motifs is 1. The molecule has 0 atom stereocenters. The largest absolute Gasteiger partial charge is 0.387 e. The Morgan fingerprint density at radius 1 is 1.04 bits per heavy atom. The second-order valence-electron chi connectivity index (χ2n) is 6.14. The molecule has 0 aliphatic heterocycles. The molecule has 0 aromatic heterocycles. The van der Waals surface area contributed by atoms with Crippen LogP contribution in [-0.4, -0.2) is 29.1 Å². The fraction of sp³-hybridized carbons (Fsp3) is 0.211. The lowest BCUT2D eigenvalue weighted by Crippen LogP contribution is -2.46. The van der Waals surface area contributed by atoms with Gasteiger partial charge in [-0.1, -0.05) is 36.4 Å². The third-order valence-electron chi connectivity index (χ3n) is 4.24. The molecule has 0 spiro atoms. The van der Waals surface area contributed by atoms with Gasteiger partial charge in [-0.05, 0) is 23.3 Å². The number of hydrogen-bond donors (Lipinski definition) is 3. The van der Waals surface area contributed by atoms with Crippen LogP contribution in [0.2, 0.25) is 0 Å². The Morgan fingerprint density at radius 2 is 1.64 bits per heavy atom. The first kappa shape index (κ1) is 16.7. The van der Waals surface area contributed by atoms with Gasteiger partial charge in [-0.25, -0.2) is 0 Å². The Morgan fingerprint density at radius 3 is 2.28 bits per heavy atom. The number of benzene rings is 2. The first-order valence-electron chi connectivity index (χ1n) is 7.88. The molecule has 6 heteroatoms. The van der Waals surface area contributed by atoms with Crippen molar-refractivity contribution >= 4 is 17.5 Å². The summed E-state index contributed by atoms with van der Waals surface area (Å²) < 4.78 is 0. The Balaban J connectivity index is 1.58. The van der Waals surface area contributed by atoms with Gasteiger partial charge in [0.15, 0.2) is 0 Å². The highest BCUT2D eigenvalue weighted by molar-refractivity contribution is 6.39. The van der Waals surface area contributed by atoms with Crippen molar-refractivity contribution in [2.75, 3.05) is 11.9 Å². The zero-order chi connectivity index (χ0) is 17.9. The summed E-state index contributed by atoms with van der Waals surface area (Å²) >= 11 is 0. The molecule has 0 heterocycles. The molecular formula is C19H17N3O3. The molecule has 1 aliphatic carbocycles. The summed E-state index contributed by atoms with van der Waals surface area (Å²) in [6, 6.07) is 16.1. The highest BCUT2D eigenvalue weighted by atomic mass is 16.3. The Bertz CT molecular complexity index is 845. The normalized spacial score (nSPS) is 14.2. The predicted octanol–water partition coefficient (Wildman–Crippen LogP) is 1.14. The van der Waals surface area contributed by atoms with E-state index in [4.69, 9.17) is 5.26 Å². The lowest BCUT2D eigenvalue weighted by molar-refractivity contribution is -0.136. The highest BCUT2D eigenvalue weighted by Gasteiger charge is 2.35. The lowest BCUT2D eigenvalue weighted by Gasteiger charge is -2.22. The zero-order valence-electron chi connectivity index (χ0n) is 13.5. The number of nitrogens with one attached hydrogen (secondary N) is 2. The second kappa shape index (κ2) is 6.75. The number of carbonyl (C=O) groups is 2. The maximum atomic E-state index is 12.0. The first-order chi connectivity index (χ1) is 12.0. The monoisotopic (exact) mass is 335 g/mol. The molecule has 0 saturated carbocycles. The van der Waals surface area contributed by atoms with Crippen molar-refractivity contribution < 1.29 is 14.7 Å². The lowest BCUT2D eigenvalue weighted by atomic mass is 10.0. The van der Waals surface area contributed by atoms with Gasteiger partial charge in [0.25, 0.3) is 0 Å². The Labute approximate surface area is 145 Å². The van der Waals surface area contributed by atoms with Crippen LogP contribution in [0.5, 0.6) is 0 Å². The fourth-order valence-electron chi connectivity index (χ4n) is 2.99. The number of amides is 2. The molecule has 2 aromatic carbocycles. The van der Waals surface area contributed by atoms with Crippen LogP contribution in [0.25, 0.3) is 0 Å². The third-order valence-corrected chi connectivity index (χ3v) is 4.24. The summed E-state index contributed by atoms with van der Waals surface area (Å²) in [7, 11) is 0. The average Bonchev–Trinajstić information content (AvgIpc) is 2.96. The Kier molecular flexibility index (Phi) is 4.50. The quantitative estimate of drug-likeness (QED) is 0.732. The van der Waals surface area contributed by atoms with Crippen LogP contribution in [0.1, 0.15) is 16.7 Å². The second-order valence-corrected chi connectivity index (χ2v) is 6.14. The van der Waals surface area contributed by atoms with Crippen molar-refractivity contribution in [3.05, 3.63) is 65.2 Å². The van der Waals surface area contributed by atoms with Gasteiger partial charge < -0.3 is 15.7 Å². The topological polar surface area (TPSA) is 102 Å². The zero-order valence-corrected chi connectivity index (χ0v) is 13.5. The Hall–Kier alpha value is -3.17. The summed E-state index contributed by atoms with van der Waals surface area (Å²) in [6.45, 7) is -0.0200. The van der Waals surface area contributed by atoms with E-state index in [2.05, 4.69) is 10.6 Å². The number of nitrogens with zero attached hydrogens (tertiary/aromatic N) is 1. The highest BCUT2D eigenvalue weighted by Crippen LogP contribution is 2.29. The molecule has 0 saturated heterocycles. The number of carbonyl (C=O) groups excluding carboxylic acids is 2. The molecule has 0 radical (unpaired) electrons. The van der Waals surface area contributed by atoms with Gasteiger partial charge in [-0.2, -0.15) is 5.26 Å². The van der Waals surface area contributed by atoms with Gasteiger partial charge in [0.05, 0.1) is 16.9 Å². The molecule has 2 amide bonds. The van der Waals surface area contributed by atoms with Crippen LogP contribution in [0.3, 0.4) is 0 Å². The van der Waals surface area contributed by atoms with Crippen molar-refractivity contribution in [3.63, 3.8) is 0 Å². The number of hydrogen-bond acceptors (Lipinski definition) is 4. The molecule has 2 aromatic rings. The van der Waals surface area contributed by atoms with Crippen molar-refractivity contribution in [2.24, 2.45) is 0 Å². The molecule has 1 aliphatic rings. The minimum atomic E-state index is -1.09. The molecule has 3 rings (SSSR count). The van der Waals surface area contributed by atoms with E-state index in [0.717, 1.165) is 11.1 Å². The van der Waals surface area contributed by atoms with E-state index in [9.17, 15) is 14.7 Å². The van der Waals surface area contributed by atoms with Crippen LogP contribution >= 0.6 is 0 Å². The number of para-hydroxylation sites is 1. The van der Waals surface area contributed by atoms with E-state index in [1.165, 1.54) is 0 Å². The smallest absolute Gasteiger partial charge is 0.313 e. The van der Waals surface area contributed by atoms with Crippen molar-refractivity contribution in [1.29, 1.82) is 5.26 Å². The number of aliphatic hydroxyl groups is 1. The van der Waals surface area contributed by atoms with Crippen molar-refractivity contribution in [1.82, 2.24) is 5.32 Å². The summed E-state index contributed by atoms with van der Waals surface area (Å²) in [5, 5.41) is 24.5. The molecule has 25 heavy (non-hydrogen) atoms. The summed E-state index contributed by atoms with van der Waals surface area (Å²) in [5.74, 6) is -1.72. The van der Waals surface area contributed by atoms with Crippen LogP contribution in [0.15, 0.2) is 48.5 Å². The van der Waals surface area contributed by atoms with E-state index in [-0.39, 0.29) is 17.8 Å². The van der Waals surface area contributed by atoms with Gasteiger partial charge >= 0.3 is 11.8 Å². The van der Waals surface area contributed by atoms with Gasteiger partial charge in [0.2, 0.25) is 0 Å². The molecule has 3 N–H and O–H groups in total. The van der Waals surface area contributed by atoms with Crippen LogP contribution in [0, 0.1) is 11.3 Å². The van der Waals surface area contributed by atoms with Crippen LogP contribution in [-0.2, 0) is 22.4 Å². The minimum absolute atomic E-state index is 0.0200. The van der Waals surface area contributed by atoms with Crippen LogP contribution < -0.4 is 10.6 Å². The van der Waals surface area contributed by atoms with E-state index < -0.39 is 17.4 Å². The molecule has 0 fully saturated rings. The van der Waals surface area contributed by atoms with E-state index in [1.54, 1.807) is 24.3 Å². The summed E-state index contributed by atoms with van der Waals surface area (Å²) in [5.41, 5.74) is 1.55. The molecular weight excluding hydrogens is 318 g/mol. The first-order valence-corrected chi connectivity index (χ1v) is 7.88. The average molecular weight is 335 g/mol. The van der Waals surface area contributed by atoms with E-state index in [0.29, 0.717) is 12.8 Å². The van der Waals surface area contributed by atoms with Gasteiger partial charge in [-0.3, -0.25) is 9.59 Å². The van der Waals surface area contributed by atoms with Gasteiger partial charge in [-0.15, -0.1) is 0 Å². The number of nitriles is 1. The third kappa shape index (κ3) is 3.67. The van der Waals surface area contributed by atoms with Crippen molar-refractivity contribution in [2.45, 2.75) is 18.4 Å². The fourth-order valence-corrected chi connectivity index (χ4v) is 2.99. The molecule has 126 valence electrons. The number of anilines is 1. The molecule has 0 unspecified atom stereocenters. The maximum absolute atomic E-state index is 12.0. The molecule has 6 nitrogen and oxygen atoms in total. The van der Waals surface area contributed by atoms with Crippen LogP contribution in [0.4, 0.5) is 5.69 Å². The maximum Gasteiger partial charge on any atom is 0.313 e. The molecule has 0 bridgehead atoms.